The summed E-state index contributed by atoms with van der Waals surface area (Å²) in [5, 5.41) is 8.73. The van der Waals surface area contributed by atoms with Crippen molar-refractivity contribution in [2.75, 3.05) is 33.4 Å². The molecule has 0 spiro atoms. The summed E-state index contributed by atoms with van der Waals surface area (Å²) >= 11 is 0. The van der Waals surface area contributed by atoms with Crippen molar-refractivity contribution in [1.82, 2.24) is 14.5 Å². The highest BCUT2D eigenvalue weighted by atomic mass is 16.8. The van der Waals surface area contributed by atoms with E-state index in [0.717, 1.165) is 61.2 Å². The van der Waals surface area contributed by atoms with Gasteiger partial charge in [-0.15, -0.1) is 0 Å². The lowest BCUT2D eigenvalue weighted by Gasteiger charge is -2.32. The van der Waals surface area contributed by atoms with Crippen LogP contribution in [-0.2, 0) is 24.2 Å². The number of likely N-dealkylation sites (tertiary alicyclic amines) is 1. The average molecular weight is 492 g/mol. The standard InChI is InChI=1S/C27H33N5O4/c1-34-27(33)36-32-23(14-21-4-2-3-5-25(21)32)17-30-11-8-19(9-12-30)18-35-24-7-6-20-10-13-31(26(28)29)16-22(20)15-24/h2-7,14-15,19H,8-13,16-18H2,1H3,(H3,28,29). The molecule has 2 aliphatic rings. The van der Waals surface area contributed by atoms with E-state index in [0.29, 0.717) is 25.6 Å². The Bertz CT molecular complexity index is 1250. The minimum atomic E-state index is -0.732. The van der Waals surface area contributed by atoms with Crippen molar-refractivity contribution in [3.63, 3.8) is 0 Å². The zero-order chi connectivity index (χ0) is 25.1. The Labute approximate surface area is 210 Å². The molecule has 5 rings (SSSR count). The number of nitrogens with zero attached hydrogens (tertiary/aromatic N) is 3. The first-order valence-corrected chi connectivity index (χ1v) is 12.4. The number of aromatic nitrogens is 1. The van der Waals surface area contributed by atoms with Gasteiger partial charge in [0.2, 0.25) is 0 Å². The van der Waals surface area contributed by atoms with Crippen LogP contribution in [0.3, 0.4) is 0 Å². The second-order valence-electron chi connectivity index (χ2n) is 9.55. The van der Waals surface area contributed by atoms with E-state index in [1.165, 1.54) is 18.2 Å². The van der Waals surface area contributed by atoms with E-state index in [4.69, 9.17) is 25.5 Å². The molecule has 36 heavy (non-hydrogen) atoms. The van der Waals surface area contributed by atoms with Crippen LogP contribution in [0.2, 0.25) is 0 Å². The van der Waals surface area contributed by atoms with Crippen LogP contribution in [0.15, 0.2) is 48.5 Å². The summed E-state index contributed by atoms with van der Waals surface area (Å²) in [5.74, 6) is 1.49. The van der Waals surface area contributed by atoms with E-state index >= 15 is 0 Å². The van der Waals surface area contributed by atoms with Crippen LogP contribution >= 0.6 is 0 Å². The molecule has 0 atom stereocenters. The minimum absolute atomic E-state index is 0.121. The Hall–Kier alpha value is -3.72. The van der Waals surface area contributed by atoms with Gasteiger partial charge in [0.15, 0.2) is 5.96 Å². The highest BCUT2D eigenvalue weighted by molar-refractivity contribution is 5.81. The maximum absolute atomic E-state index is 11.8. The topological polar surface area (TPSA) is 106 Å². The highest BCUT2D eigenvalue weighted by Gasteiger charge is 2.23. The first kappa shape index (κ1) is 24.0. The van der Waals surface area contributed by atoms with Crippen LogP contribution in [0.25, 0.3) is 10.9 Å². The molecule has 1 aromatic heterocycles. The number of rotatable bonds is 6. The van der Waals surface area contributed by atoms with Gasteiger partial charge >= 0.3 is 6.16 Å². The quantitative estimate of drug-likeness (QED) is 0.309. The molecule has 3 heterocycles. The molecule has 2 aliphatic heterocycles. The smallest absolute Gasteiger partial charge is 0.493 e. The lowest BCUT2D eigenvalue weighted by atomic mass is 9.97. The first-order valence-electron chi connectivity index (χ1n) is 12.4. The zero-order valence-corrected chi connectivity index (χ0v) is 20.6. The average Bonchev–Trinajstić information content (AvgIpc) is 3.24. The predicted octanol–water partition coefficient (Wildman–Crippen LogP) is 3.38. The maximum Gasteiger partial charge on any atom is 0.533 e. The van der Waals surface area contributed by atoms with Gasteiger partial charge in [0.05, 0.1) is 24.9 Å². The molecule has 3 aromatic rings. The number of guanidine groups is 1. The number of ether oxygens (including phenoxy) is 2. The van der Waals surface area contributed by atoms with Crippen LogP contribution in [0.4, 0.5) is 4.79 Å². The van der Waals surface area contributed by atoms with Crippen molar-refractivity contribution in [2.45, 2.75) is 32.4 Å². The van der Waals surface area contributed by atoms with Gasteiger partial charge in [-0.1, -0.05) is 24.3 Å². The number of hydrogen-bond acceptors (Lipinski definition) is 6. The summed E-state index contributed by atoms with van der Waals surface area (Å²) in [6.07, 6.45) is 2.25. The summed E-state index contributed by atoms with van der Waals surface area (Å²) in [7, 11) is 1.31. The van der Waals surface area contributed by atoms with Crippen LogP contribution in [-0.4, -0.2) is 60.0 Å². The lowest BCUT2D eigenvalue weighted by molar-refractivity contribution is 0.0616. The molecule has 3 N–H and O–H groups in total. The van der Waals surface area contributed by atoms with E-state index in [1.807, 2.05) is 29.2 Å². The van der Waals surface area contributed by atoms with Gasteiger partial charge < -0.3 is 24.9 Å². The van der Waals surface area contributed by atoms with Gasteiger partial charge in [-0.2, -0.15) is 4.73 Å². The molecule has 9 heteroatoms. The van der Waals surface area contributed by atoms with E-state index in [-0.39, 0.29) is 5.96 Å². The minimum Gasteiger partial charge on any atom is -0.493 e. The van der Waals surface area contributed by atoms with Crippen molar-refractivity contribution < 1.29 is 19.1 Å². The monoisotopic (exact) mass is 491 g/mol. The van der Waals surface area contributed by atoms with Gasteiger partial charge in [-0.25, -0.2) is 4.79 Å². The van der Waals surface area contributed by atoms with E-state index < -0.39 is 6.16 Å². The molecular weight excluding hydrogens is 458 g/mol. The third kappa shape index (κ3) is 5.26. The number of methoxy groups -OCH3 is 1. The normalized spacial score (nSPS) is 16.5. The third-order valence-electron chi connectivity index (χ3n) is 7.18. The van der Waals surface area contributed by atoms with Crippen LogP contribution in [0.5, 0.6) is 5.75 Å². The summed E-state index contributed by atoms with van der Waals surface area (Å²) in [6.45, 7) is 4.73. The number of hydrogen-bond donors (Lipinski definition) is 2. The zero-order valence-electron chi connectivity index (χ0n) is 20.6. The predicted molar refractivity (Wildman–Crippen MR) is 137 cm³/mol. The van der Waals surface area contributed by atoms with Gasteiger partial charge in [0, 0.05) is 25.0 Å². The SMILES string of the molecule is COC(=O)On1c(CN2CCC(COc3ccc4c(c3)CN(C(=N)N)CC4)CC2)cc2ccccc21. The number of piperidine rings is 1. The lowest BCUT2D eigenvalue weighted by Crippen LogP contribution is -2.40. The van der Waals surface area contributed by atoms with Crippen molar-refractivity contribution in [3.8, 4) is 5.75 Å². The molecule has 0 saturated carbocycles. The Balaban J connectivity index is 1.16. The summed E-state index contributed by atoms with van der Waals surface area (Å²) in [4.78, 5) is 21.5. The highest BCUT2D eigenvalue weighted by Crippen LogP contribution is 2.26. The fourth-order valence-corrected chi connectivity index (χ4v) is 5.10. The summed E-state index contributed by atoms with van der Waals surface area (Å²) in [6, 6.07) is 16.2. The van der Waals surface area contributed by atoms with E-state index in [2.05, 4.69) is 29.2 Å². The molecule has 2 aromatic carbocycles. The van der Waals surface area contributed by atoms with Gasteiger partial charge in [0.25, 0.3) is 0 Å². The number of nitrogens with two attached hydrogens (primary N) is 1. The molecule has 0 radical (unpaired) electrons. The van der Waals surface area contributed by atoms with Crippen LogP contribution in [0, 0.1) is 11.3 Å². The van der Waals surface area contributed by atoms with Crippen molar-refractivity contribution in [2.24, 2.45) is 11.7 Å². The fourth-order valence-electron chi connectivity index (χ4n) is 5.10. The Kier molecular flexibility index (Phi) is 6.99. The molecule has 0 aliphatic carbocycles. The van der Waals surface area contributed by atoms with Gasteiger partial charge in [-0.05, 0) is 73.7 Å². The van der Waals surface area contributed by atoms with Gasteiger partial charge in [0.1, 0.15) is 5.75 Å². The number of carbonyl (C=O) groups excluding carboxylic acids is 1. The number of fused-ring (bicyclic) bond motifs is 2. The van der Waals surface area contributed by atoms with Crippen molar-refractivity contribution in [3.05, 3.63) is 65.4 Å². The molecule has 1 fully saturated rings. The second-order valence-corrected chi connectivity index (χ2v) is 9.55. The third-order valence-corrected chi connectivity index (χ3v) is 7.18. The Morgan fingerprint density at radius 3 is 2.67 bits per heavy atom. The molecule has 1 saturated heterocycles. The molecular formula is C27H33N5O4. The molecule has 0 amide bonds. The maximum atomic E-state index is 11.8. The summed E-state index contributed by atoms with van der Waals surface area (Å²) in [5.41, 5.74) is 9.94. The van der Waals surface area contributed by atoms with Crippen LogP contribution in [0.1, 0.15) is 29.7 Å². The van der Waals surface area contributed by atoms with Crippen molar-refractivity contribution >= 4 is 23.0 Å². The van der Waals surface area contributed by atoms with Gasteiger partial charge in [-0.3, -0.25) is 10.3 Å². The molecule has 190 valence electrons. The van der Waals surface area contributed by atoms with E-state index in [9.17, 15) is 4.79 Å². The number of benzene rings is 2. The molecule has 0 bridgehead atoms. The Morgan fingerprint density at radius 1 is 1.08 bits per heavy atom. The largest absolute Gasteiger partial charge is 0.533 e. The number of carbonyl (C=O) groups is 1. The van der Waals surface area contributed by atoms with E-state index in [1.54, 1.807) is 4.73 Å². The van der Waals surface area contributed by atoms with Crippen LogP contribution < -0.4 is 15.3 Å². The second kappa shape index (κ2) is 10.5. The Morgan fingerprint density at radius 2 is 1.89 bits per heavy atom. The first-order chi connectivity index (χ1) is 17.5. The fraction of sp³-hybridized carbons (Fsp3) is 0.407. The number of nitrogens with one attached hydrogen (secondary N) is 1. The molecule has 9 nitrogen and oxygen atoms in total. The summed E-state index contributed by atoms with van der Waals surface area (Å²) < 4.78 is 12.5. The number of para-hydroxylation sites is 1. The van der Waals surface area contributed by atoms with Crippen molar-refractivity contribution in [1.29, 1.82) is 5.41 Å². The molecule has 0 unspecified atom stereocenters.